The van der Waals surface area contributed by atoms with Gasteiger partial charge in [-0.25, -0.2) is 4.99 Å². The molecule has 1 fully saturated rings. The van der Waals surface area contributed by atoms with E-state index in [0.29, 0.717) is 42.7 Å². The van der Waals surface area contributed by atoms with Crippen LogP contribution in [0.2, 0.25) is 0 Å². The Bertz CT molecular complexity index is 674. The van der Waals surface area contributed by atoms with E-state index in [2.05, 4.69) is 10.6 Å². The number of guanidine groups is 1. The molecule has 1 heterocycles. The van der Waals surface area contributed by atoms with Gasteiger partial charge in [0.1, 0.15) is 17.2 Å². The maximum Gasteiger partial charge on any atom is 0.222 e. The van der Waals surface area contributed by atoms with Crippen molar-refractivity contribution in [2.24, 2.45) is 4.99 Å². The molecule has 0 saturated carbocycles. The molecule has 0 bridgehead atoms. The van der Waals surface area contributed by atoms with Crippen LogP contribution in [0.25, 0.3) is 0 Å². The molecule has 1 aromatic rings. The highest BCUT2D eigenvalue weighted by Crippen LogP contribution is 2.34. The summed E-state index contributed by atoms with van der Waals surface area (Å²) >= 11 is 0. The summed E-state index contributed by atoms with van der Waals surface area (Å²) in [6.45, 7) is 6.52. The molecule has 1 unspecified atom stereocenters. The van der Waals surface area contributed by atoms with Gasteiger partial charge in [0, 0.05) is 44.2 Å². The van der Waals surface area contributed by atoms with Crippen LogP contribution < -0.4 is 24.8 Å². The Labute approximate surface area is 190 Å². The van der Waals surface area contributed by atoms with E-state index in [0.717, 1.165) is 25.1 Å². The number of hydrogen-bond acceptors (Lipinski definition) is 5. The van der Waals surface area contributed by atoms with Gasteiger partial charge in [-0.1, -0.05) is 6.92 Å². The average molecular weight is 520 g/mol. The molecule has 0 spiro atoms. The first kappa shape index (κ1) is 25.1. The topological polar surface area (TPSA) is 84.4 Å². The lowest BCUT2D eigenvalue weighted by atomic mass is 10.1. The second-order valence-electron chi connectivity index (χ2n) is 6.53. The normalized spacial score (nSPS) is 16.1. The van der Waals surface area contributed by atoms with Crippen LogP contribution in [0, 0.1) is 0 Å². The second-order valence-corrected chi connectivity index (χ2v) is 6.53. The minimum atomic E-state index is 0. The molecular formula is C20H33IN4O4. The van der Waals surface area contributed by atoms with Gasteiger partial charge in [0.05, 0.1) is 33.4 Å². The van der Waals surface area contributed by atoms with Gasteiger partial charge in [-0.15, -0.1) is 24.0 Å². The number of carbonyl (C=O) groups excluding carboxylic acids is 1. The van der Waals surface area contributed by atoms with Crippen molar-refractivity contribution in [1.29, 1.82) is 0 Å². The summed E-state index contributed by atoms with van der Waals surface area (Å²) in [6, 6.07) is 3.82. The van der Waals surface area contributed by atoms with E-state index < -0.39 is 0 Å². The molecule has 1 aliphatic heterocycles. The lowest BCUT2D eigenvalue weighted by Gasteiger charge is -2.19. The summed E-state index contributed by atoms with van der Waals surface area (Å²) < 4.78 is 16.3. The maximum absolute atomic E-state index is 11.9. The Morgan fingerprint density at radius 3 is 2.34 bits per heavy atom. The van der Waals surface area contributed by atoms with Crippen molar-refractivity contribution in [2.45, 2.75) is 39.3 Å². The van der Waals surface area contributed by atoms with E-state index in [1.165, 1.54) is 0 Å². The van der Waals surface area contributed by atoms with E-state index >= 15 is 0 Å². The highest BCUT2D eigenvalue weighted by molar-refractivity contribution is 14.0. The Morgan fingerprint density at radius 1 is 1.17 bits per heavy atom. The zero-order valence-electron chi connectivity index (χ0n) is 17.9. The standard InChI is InChI=1S/C20H32N4O4.HI/c1-6-19(25)24-9-8-14(13-24)23-20(21-7-2)22-12-16-17(27-4)10-15(26-3)11-18(16)28-5;/h10-11,14H,6-9,12-13H2,1-5H3,(H2,21,22,23);1H. The third-order valence-electron chi connectivity index (χ3n) is 4.74. The first-order valence-electron chi connectivity index (χ1n) is 9.67. The molecule has 1 aromatic carbocycles. The minimum absolute atomic E-state index is 0. The van der Waals surface area contributed by atoms with Crippen molar-refractivity contribution in [3.05, 3.63) is 17.7 Å². The fraction of sp³-hybridized carbons (Fsp3) is 0.600. The smallest absolute Gasteiger partial charge is 0.222 e. The first-order valence-corrected chi connectivity index (χ1v) is 9.67. The molecule has 2 N–H and O–H groups in total. The van der Waals surface area contributed by atoms with Gasteiger partial charge < -0.3 is 29.7 Å². The summed E-state index contributed by atoms with van der Waals surface area (Å²) in [6.07, 6.45) is 1.45. The predicted octanol–water partition coefficient (Wildman–Crippen LogP) is 2.40. The van der Waals surface area contributed by atoms with Crippen molar-refractivity contribution in [2.75, 3.05) is 41.0 Å². The minimum Gasteiger partial charge on any atom is -0.496 e. The predicted molar refractivity (Wildman–Crippen MR) is 125 cm³/mol. The van der Waals surface area contributed by atoms with Gasteiger partial charge in [0.25, 0.3) is 0 Å². The number of rotatable bonds is 8. The Hall–Kier alpha value is -1.91. The lowest BCUT2D eigenvalue weighted by Crippen LogP contribution is -2.45. The number of aliphatic imine (C=N–C) groups is 1. The molecule has 9 heteroatoms. The van der Waals surface area contributed by atoms with Gasteiger partial charge in [-0.2, -0.15) is 0 Å². The van der Waals surface area contributed by atoms with Crippen LogP contribution >= 0.6 is 24.0 Å². The molecule has 164 valence electrons. The number of halogens is 1. The fourth-order valence-corrected chi connectivity index (χ4v) is 3.23. The van der Waals surface area contributed by atoms with Gasteiger partial charge in [0.15, 0.2) is 5.96 Å². The second kappa shape index (κ2) is 12.6. The van der Waals surface area contributed by atoms with Crippen molar-refractivity contribution < 1.29 is 19.0 Å². The number of nitrogens with zero attached hydrogens (tertiary/aromatic N) is 2. The van der Waals surface area contributed by atoms with Crippen LogP contribution in [0.15, 0.2) is 17.1 Å². The van der Waals surface area contributed by atoms with Gasteiger partial charge in [-0.3, -0.25) is 4.79 Å². The van der Waals surface area contributed by atoms with Crippen molar-refractivity contribution in [3.63, 3.8) is 0 Å². The number of ether oxygens (including phenoxy) is 3. The van der Waals surface area contributed by atoms with Crippen LogP contribution in [-0.2, 0) is 11.3 Å². The first-order chi connectivity index (χ1) is 13.6. The quantitative estimate of drug-likeness (QED) is 0.311. The Balaban J connectivity index is 0.00000420. The van der Waals surface area contributed by atoms with Crippen molar-refractivity contribution in [1.82, 2.24) is 15.5 Å². The van der Waals surface area contributed by atoms with Crippen LogP contribution in [-0.4, -0.2) is 63.8 Å². The van der Waals surface area contributed by atoms with E-state index in [9.17, 15) is 4.79 Å². The number of amides is 1. The summed E-state index contributed by atoms with van der Waals surface area (Å²) in [5, 5.41) is 6.70. The molecule has 1 saturated heterocycles. The third kappa shape index (κ3) is 6.83. The van der Waals surface area contributed by atoms with Crippen LogP contribution in [0.5, 0.6) is 17.2 Å². The maximum atomic E-state index is 11.9. The van der Waals surface area contributed by atoms with Crippen molar-refractivity contribution in [3.8, 4) is 17.2 Å². The zero-order valence-corrected chi connectivity index (χ0v) is 20.2. The fourth-order valence-electron chi connectivity index (χ4n) is 3.23. The number of hydrogen-bond donors (Lipinski definition) is 2. The third-order valence-corrected chi connectivity index (χ3v) is 4.74. The Morgan fingerprint density at radius 2 is 1.83 bits per heavy atom. The van der Waals surface area contributed by atoms with Gasteiger partial charge in [-0.05, 0) is 13.3 Å². The summed E-state index contributed by atoms with van der Waals surface area (Å²) in [4.78, 5) is 18.5. The average Bonchev–Trinajstić information content (AvgIpc) is 3.19. The van der Waals surface area contributed by atoms with Crippen LogP contribution in [0.4, 0.5) is 0 Å². The number of carbonyl (C=O) groups is 1. The number of benzene rings is 1. The van der Waals surface area contributed by atoms with Gasteiger partial charge in [0.2, 0.25) is 5.91 Å². The molecule has 29 heavy (non-hydrogen) atoms. The number of nitrogens with one attached hydrogen (secondary N) is 2. The van der Waals surface area contributed by atoms with E-state index in [1.807, 2.05) is 30.9 Å². The monoisotopic (exact) mass is 520 g/mol. The molecule has 1 aliphatic rings. The zero-order chi connectivity index (χ0) is 20.5. The molecule has 0 aliphatic carbocycles. The summed E-state index contributed by atoms with van der Waals surface area (Å²) in [5.41, 5.74) is 0.845. The largest absolute Gasteiger partial charge is 0.496 e. The lowest BCUT2D eigenvalue weighted by molar-refractivity contribution is -0.129. The van der Waals surface area contributed by atoms with Crippen LogP contribution in [0.1, 0.15) is 32.3 Å². The van der Waals surface area contributed by atoms with E-state index in [-0.39, 0.29) is 35.9 Å². The molecular weight excluding hydrogens is 487 g/mol. The molecule has 1 atom stereocenters. The molecule has 0 radical (unpaired) electrons. The molecule has 2 rings (SSSR count). The number of methoxy groups -OCH3 is 3. The highest BCUT2D eigenvalue weighted by atomic mass is 127. The van der Waals surface area contributed by atoms with Gasteiger partial charge >= 0.3 is 0 Å². The molecule has 8 nitrogen and oxygen atoms in total. The molecule has 1 amide bonds. The van der Waals surface area contributed by atoms with Crippen molar-refractivity contribution >= 4 is 35.8 Å². The molecule has 0 aromatic heterocycles. The van der Waals surface area contributed by atoms with E-state index in [1.54, 1.807) is 21.3 Å². The van der Waals surface area contributed by atoms with Crippen LogP contribution in [0.3, 0.4) is 0 Å². The summed E-state index contributed by atoms with van der Waals surface area (Å²) in [5.74, 6) is 2.89. The SMILES string of the molecule is CCNC(=NCc1c(OC)cc(OC)cc1OC)NC1CCN(C(=O)CC)C1.I. The summed E-state index contributed by atoms with van der Waals surface area (Å²) in [7, 11) is 4.83. The Kier molecular flexibility index (Phi) is 10.9. The highest BCUT2D eigenvalue weighted by Gasteiger charge is 2.25. The number of likely N-dealkylation sites (tertiary alicyclic amines) is 1. The van der Waals surface area contributed by atoms with E-state index in [4.69, 9.17) is 19.2 Å².